The molecule has 32 heavy (non-hydrogen) atoms. The molecule has 7 nitrogen and oxygen atoms in total. The van der Waals surface area contributed by atoms with E-state index in [0.29, 0.717) is 5.56 Å². The molecule has 0 aliphatic rings. The number of benzene rings is 1. The molecule has 0 aliphatic carbocycles. The minimum absolute atomic E-state index is 0.0258. The molecule has 2 N–H and O–H groups in total. The van der Waals surface area contributed by atoms with Crippen LogP contribution in [-0.2, 0) is 16.4 Å². The van der Waals surface area contributed by atoms with E-state index >= 15 is 0 Å². The Hall–Kier alpha value is -3.27. The number of pyridine rings is 1. The number of hydrogen-bond donors (Lipinski definition) is 2. The van der Waals surface area contributed by atoms with Crippen LogP contribution >= 0.6 is 0 Å². The third kappa shape index (κ3) is 4.96. The van der Waals surface area contributed by atoms with Crippen LogP contribution in [0.25, 0.3) is 11.3 Å². The molecule has 0 fully saturated rings. The van der Waals surface area contributed by atoms with Crippen molar-refractivity contribution in [3.8, 4) is 11.3 Å². The van der Waals surface area contributed by atoms with Crippen molar-refractivity contribution in [3.63, 3.8) is 0 Å². The summed E-state index contributed by atoms with van der Waals surface area (Å²) in [5.41, 5.74) is -0.0146. The largest absolute Gasteiger partial charge is 0.465 e. The smallest absolute Gasteiger partial charge is 0.404 e. The van der Waals surface area contributed by atoms with Crippen molar-refractivity contribution >= 4 is 16.1 Å². The van der Waals surface area contributed by atoms with Gasteiger partial charge >= 0.3 is 6.09 Å². The Balaban J connectivity index is 2.16. The molecule has 1 amide bonds. The van der Waals surface area contributed by atoms with E-state index in [2.05, 4.69) is 10.3 Å². The first-order valence-electron chi connectivity index (χ1n) is 9.72. The van der Waals surface area contributed by atoms with E-state index < -0.39 is 39.3 Å². The summed E-state index contributed by atoms with van der Waals surface area (Å²) in [6, 6.07) is 8.11. The summed E-state index contributed by atoms with van der Waals surface area (Å²) in [7, 11) is -4.21. The number of halogens is 2. The monoisotopic (exact) mass is 463 g/mol. The number of carboxylic acid groups (broad SMARTS) is 1. The lowest BCUT2D eigenvalue weighted by atomic mass is 9.83. The third-order valence-electron chi connectivity index (χ3n) is 5.03. The highest BCUT2D eigenvalue weighted by molar-refractivity contribution is 7.90. The van der Waals surface area contributed by atoms with Crippen molar-refractivity contribution in [1.82, 2.24) is 14.3 Å². The van der Waals surface area contributed by atoms with E-state index in [1.807, 2.05) is 20.8 Å². The highest BCUT2D eigenvalue weighted by Gasteiger charge is 2.29. The van der Waals surface area contributed by atoms with Crippen LogP contribution in [0.15, 0.2) is 59.8 Å². The van der Waals surface area contributed by atoms with Gasteiger partial charge in [-0.3, -0.25) is 0 Å². The molecular formula is C22H23F2N3O4S. The van der Waals surface area contributed by atoms with Crippen molar-refractivity contribution in [3.05, 3.63) is 72.2 Å². The zero-order valence-corrected chi connectivity index (χ0v) is 18.5. The van der Waals surface area contributed by atoms with E-state index in [1.54, 1.807) is 0 Å². The lowest BCUT2D eigenvalue weighted by molar-refractivity contribution is 0.174. The van der Waals surface area contributed by atoms with Crippen LogP contribution in [0.5, 0.6) is 0 Å². The van der Waals surface area contributed by atoms with Gasteiger partial charge in [0.15, 0.2) is 0 Å². The van der Waals surface area contributed by atoms with Crippen LogP contribution < -0.4 is 5.32 Å². The Bertz CT molecular complexity index is 1230. The molecule has 10 heteroatoms. The van der Waals surface area contributed by atoms with Gasteiger partial charge in [-0.15, -0.1) is 0 Å². The van der Waals surface area contributed by atoms with E-state index in [4.69, 9.17) is 0 Å². The molecule has 0 bridgehead atoms. The number of nitrogens with zero attached hydrogens (tertiary/aromatic N) is 2. The van der Waals surface area contributed by atoms with Crippen LogP contribution in [0.3, 0.4) is 0 Å². The predicted molar refractivity (Wildman–Crippen MR) is 115 cm³/mol. The maximum atomic E-state index is 14.5. The van der Waals surface area contributed by atoms with Gasteiger partial charge in [0.2, 0.25) is 5.95 Å². The van der Waals surface area contributed by atoms with Crippen molar-refractivity contribution < 1.29 is 27.1 Å². The number of nitrogens with one attached hydrogen (secondary N) is 1. The first-order chi connectivity index (χ1) is 14.9. The average molecular weight is 464 g/mol. The Labute approximate surface area is 184 Å². The van der Waals surface area contributed by atoms with Crippen LogP contribution in [-0.4, -0.2) is 34.6 Å². The van der Waals surface area contributed by atoms with E-state index in [0.717, 1.165) is 28.2 Å². The van der Waals surface area contributed by atoms with Gasteiger partial charge in [-0.05, 0) is 59.9 Å². The second-order valence-corrected chi connectivity index (χ2v) is 10.2. The van der Waals surface area contributed by atoms with Crippen molar-refractivity contribution in [2.75, 3.05) is 0 Å². The van der Waals surface area contributed by atoms with Gasteiger partial charge in [-0.2, -0.15) is 4.39 Å². The lowest BCUT2D eigenvalue weighted by Gasteiger charge is -2.30. The van der Waals surface area contributed by atoms with Crippen molar-refractivity contribution in [1.29, 1.82) is 0 Å². The summed E-state index contributed by atoms with van der Waals surface area (Å²) in [6.07, 6.45) is 1.52. The Kier molecular flexibility index (Phi) is 6.36. The number of carbonyl (C=O) groups is 1. The zero-order valence-electron chi connectivity index (χ0n) is 17.7. The van der Waals surface area contributed by atoms with E-state index in [-0.39, 0.29) is 22.6 Å². The minimum atomic E-state index is -4.21. The van der Waals surface area contributed by atoms with E-state index in [1.165, 1.54) is 30.6 Å². The molecule has 1 aromatic carbocycles. The van der Waals surface area contributed by atoms with Gasteiger partial charge in [0.25, 0.3) is 10.0 Å². The first kappa shape index (κ1) is 23.4. The molecule has 170 valence electrons. The Morgan fingerprint density at radius 3 is 2.41 bits per heavy atom. The fourth-order valence-corrected chi connectivity index (χ4v) is 4.65. The summed E-state index contributed by atoms with van der Waals surface area (Å²) < 4.78 is 55.3. The van der Waals surface area contributed by atoms with Crippen LogP contribution in [0.1, 0.15) is 26.3 Å². The SMILES string of the molecule is CC(C)(C)C(Cc1cc(-c2cccnc2F)n(S(=O)(=O)c2ccc(F)cc2)c1)NC(=O)O. The van der Waals surface area contributed by atoms with Gasteiger partial charge in [0.1, 0.15) is 5.82 Å². The quantitative estimate of drug-likeness (QED) is 0.531. The molecule has 0 saturated heterocycles. The van der Waals surface area contributed by atoms with Crippen LogP contribution in [0.2, 0.25) is 0 Å². The molecule has 2 aromatic heterocycles. The fraction of sp³-hybridized carbons (Fsp3) is 0.273. The molecule has 0 saturated carbocycles. The second-order valence-electron chi connectivity index (χ2n) is 8.40. The van der Waals surface area contributed by atoms with Crippen LogP contribution in [0.4, 0.5) is 13.6 Å². The van der Waals surface area contributed by atoms with Gasteiger partial charge in [-0.1, -0.05) is 20.8 Å². The third-order valence-corrected chi connectivity index (χ3v) is 6.72. The molecule has 1 unspecified atom stereocenters. The molecule has 3 rings (SSSR count). The van der Waals surface area contributed by atoms with E-state index in [9.17, 15) is 27.1 Å². The van der Waals surface area contributed by atoms with Crippen LogP contribution in [0, 0.1) is 17.2 Å². The maximum Gasteiger partial charge on any atom is 0.404 e. The predicted octanol–water partition coefficient (Wildman–Crippen LogP) is 4.29. The summed E-state index contributed by atoms with van der Waals surface area (Å²) >= 11 is 0. The summed E-state index contributed by atoms with van der Waals surface area (Å²) in [6.45, 7) is 5.55. The number of rotatable bonds is 6. The maximum absolute atomic E-state index is 14.5. The highest BCUT2D eigenvalue weighted by Crippen LogP contribution is 2.31. The average Bonchev–Trinajstić information content (AvgIpc) is 3.12. The fourth-order valence-electron chi connectivity index (χ4n) is 3.26. The molecule has 0 aliphatic heterocycles. The molecular weight excluding hydrogens is 440 g/mol. The molecule has 1 atom stereocenters. The topological polar surface area (TPSA) is 101 Å². The molecule has 3 aromatic rings. The normalized spacial score (nSPS) is 13.0. The van der Waals surface area contributed by atoms with Gasteiger partial charge in [0.05, 0.1) is 16.2 Å². The number of hydrogen-bond acceptors (Lipinski definition) is 4. The Morgan fingerprint density at radius 2 is 1.84 bits per heavy atom. The highest BCUT2D eigenvalue weighted by atomic mass is 32.2. The van der Waals surface area contributed by atoms with Crippen molar-refractivity contribution in [2.45, 2.75) is 38.1 Å². The molecule has 2 heterocycles. The summed E-state index contributed by atoms with van der Waals surface area (Å²) in [5, 5.41) is 11.7. The number of amides is 1. The first-order valence-corrected chi connectivity index (χ1v) is 11.2. The summed E-state index contributed by atoms with van der Waals surface area (Å²) in [5.74, 6) is -1.45. The minimum Gasteiger partial charge on any atom is -0.465 e. The van der Waals surface area contributed by atoms with Gasteiger partial charge in [-0.25, -0.2) is 26.6 Å². The van der Waals surface area contributed by atoms with Crippen molar-refractivity contribution in [2.24, 2.45) is 5.41 Å². The second kappa shape index (κ2) is 8.70. The lowest BCUT2D eigenvalue weighted by Crippen LogP contribution is -2.44. The number of aromatic nitrogens is 2. The zero-order chi connectivity index (χ0) is 23.7. The molecule has 0 spiro atoms. The summed E-state index contributed by atoms with van der Waals surface area (Å²) in [4.78, 5) is 14.7. The molecule has 0 radical (unpaired) electrons. The Morgan fingerprint density at radius 1 is 1.19 bits per heavy atom. The van der Waals surface area contributed by atoms with Gasteiger partial charge in [0, 0.05) is 18.4 Å². The van der Waals surface area contributed by atoms with Gasteiger partial charge < -0.3 is 10.4 Å². The standard InChI is InChI=1S/C22H23F2N3O4S/c1-22(2,3)19(26-21(28)29)12-14-11-18(17-5-4-10-25-20(17)24)27(13-14)32(30,31)16-8-6-15(23)7-9-16/h4-11,13,19,26H,12H2,1-3H3,(H,28,29).